The van der Waals surface area contributed by atoms with Crippen molar-refractivity contribution in [2.24, 2.45) is 0 Å². The number of anilines is 1. The van der Waals surface area contributed by atoms with Gasteiger partial charge in [0.15, 0.2) is 0 Å². The number of benzene rings is 1. The molecule has 0 aliphatic heterocycles. The van der Waals surface area contributed by atoms with Gasteiger partial charge in [-0.2, -0.15) is 0 Å². The summed E-state index contributed by atoms with van der Waals surface area (Å²) in [6.07, 6.45) is 3.21. The third kappa shape index (κ3) is 4.15. The molecule has 146 valence electrons. The Labute approximate surface area is 163 Å². The minimum absolute atomic E-state index is 0.260. The Hall–Kier alpha value is -3.33. The second-order valence-electron chi connectivity index (χ2n) is 6.46. The van der Waals surface area contributed by atoms with Crippen LogP contribution in [-0.4, -0.2) is 56.9 Å². The van der Waals surface area contributed by atoms with Crippen molar-refractivity contribution in [2.75, 3.05) is 26.1 Å². The largest absolute Gasteiger partial charge is 0.382 e. The molecule has 28 heavy (non-hydrogen) atoms. The third-order valence-corrected chi connectivity index (χ3v) is 4.65. The van der Waals surface area contributed by atoms with Crippen LogP contribution in [0, 0.1) is 13.8 Å². The Bertz CT molecular complexity index is 929. The number of urea groups is 1. The Morgan fingerprint density at radius 3 is 2.79 bits per heavy atom. The topological polar surface area (TPSA) is 98.1 Å². The van der Waals surface area contributed by atoms with Crippen LogP contribution < -0.4 is 5.32 Å². The summed E-state index contributed by atoms with van der Waals surface area (Å²) in [4.78, 5) is 18.9. The highest BCUT2D eigenvalue weighted by Gasteiger charge is 2.23. The van der Waals surface area contributed by atoms with E-state index in [-0.39, 0.29) is 12.1 Å². The molecule has 0 radical (unpaired) electrons. The third-order valence-electron chi connectivity index (χ3n) is 4.65. The molecule has 3 aromatic rings. The zero-order valence-electron chi connectivity index (χ0n) is 16.3. The van der Waals surface area contributed by atoms with Crippen molar-refractivity contribution in [3.8, 4) is 5.69 Å². The standard InChI is InChI=1S/C19H23N7O2/c1-13-9-15(26-12-21-23-24-26)10-17(14(13)2)22-19(27)25(3)18(11-28-4)16-7-5-6-8-20-16/h5-10,12,18H,11H2,1-4H3,(H,22,27)/t18-/m1/s1. The van der Waals surface area contributed by atoms with E-state index in [1.807, 2.05) is 44.2 Å². The van der Waals surface area contributed by atoms with Crippen molar-refractivity contribution < 1.29 is 9.53 Å². The van der Waals surface area contributed by atoms with Crippen LogP contribution in [0.4, 0.5) is 10.5 Å². The smallest absolute Gasteiger partial charge is 0.322 e. The zero-order chi connectivity index (χ0) is 20.1. The summed E-state index contributed by atoms with van der Waals surface area (Å²) in [6.45, 7) is 4.27. The highest BCUT2D eigenvalue weighted by atomic mass is 16.5. The molecule has 9 nitrogen and oxygen atoms in total. The zero-order valence-corrected chi connectivity index (χ0v) is 16.3. The van der Waals surface area contributed by atoms with Gasteiger partial charge in [0.1, 0.15) is 6.33 Å². The molecule has 0 bridgehead atoms. The molecule has 0 fully saturated rings. The number of rotatable bonds is 6. The lowest BCUT2D eigenvalue weighted by Gasteiger charge is -2.28. The molecule has 0 saturated heterocycles. The van der Waals surface area contributed by atoms with Gasteiger partial charge in [0, 0.05) is 26.0 Å². The average molecular weight is 381 g/mol. The van der Waals surface area contributed by atoms with E-state index in [0.717, 1.165) is 22.5 Å². The molecule has 9 heteroatoms. The van der Waals surface area contributed by atoms with E-state index in [1.165, 1.54) is 6.33 Å². The summed E-state index contributed by atoms with van der Waals surface area (Å²) in [5.74, 6) is 0. The molecule has 2 amide bonds. The summed E-state index contributed by atoms with van der Waals surface area (Å²) in [7, 11) is 3.33. The van der Waals surface area contributed by atoms with Crippen LogP contribution in [-0.2, 0) is 4.74 Å². The molecule has 1 atom stereocenters. The fraction of sp³-hybridized carbons (Fsp3) is 0.316. The molecule has 0 unspecified atom stereocenters. The van der Waals surface area contributed by atoms with Gasteiger partial charge in [0.25, 0.3) is 0 Å². The number of methoxy groups -OCH3 is 1. The lowest BCUT2D eigenvalue weighted by atomic mass is 10.1. The van der Waals surface area contributed by atoms with E-state index >= 15 is 0 Å². The number of pyridine rings is 1. The maximum Gasteiger partial charge on any atom is 0.322 e. The van der Waals surface area contributed by atoms with Gasteiger partial charge in [-0.25, -0.2) is 9.48 Å². The molecule has 1 aromatic carbocycles. The van der Waals surface area contributed by atoms with E-state index in [4.69, 9.17) is 4.74 Å². The first-order chi connectivity index (χ1) is 13.5. The molecular weight excluding hydrogens is 358 g/mol. The van der Waals surface area contributed by atoms with Gasteiger partial charge in [-0.3, -0.25) is 4.98 Å². The molecule has 0 saturated carbocycles. The predicted octanol–water partition coefficient (Wildman–Crippen LogP) is 2.53. The van der Waals surface area contributed by atoms with Crippen LogP contribution in [0.1, 0.15) is 22.9 Å². The lowest BCUT2D eigenvalue weighted by molar-refractivity contribution is 0.119. The number of ether oxygens (including phenoxy) is 1. The minimum Gasteiger partial charge on any atom is -0.382 e. The Morgan fingerprint density at radius 2 is 2.14 bits per heavy atom. The Morgan fingerprint density at radius 1 is 1.32 bits per heavy atom. The van der Waals surface area contributed by atoms with Crippen LogP contribution in [0.25, 0.3) is 5.69 Å². The van der Waals surface area contributed by atoms with E-state index in [1.54, 1.807) is 29.9 Å². The van der Waals surface area contributed by atoms with Crippen molar-refractivity contribution in [1.29, 1.82) is 0 Å². The maximum absolute atomic E-state index is 12.9. The van der Waals surface area contributed by atoms with Crippen molar-refractivity contribution in [3.63, 3.8) is 0 Å². The van der Waals surface area contributed by atoms with Gasteiger partial charge < -0.3 is 15.0 Å². The van der Waals surface area contributed by atoms with Gasteiger partial charge in [-0.05, 0) is 59.7 Å². The molecule has 1 N–H and O–H groups in total. The van der Waals surface area contributed by atoms with E-state index in [2.05, 4.69) is 25.8 Å². The van der Waals surface area contributed by atoms with Crippen molar-refractivity contribution in [3.05, 3.63) is 59.7 Å². The summed E-state index contributed by atoms with van der Waals surface area (Å²) in [5.41, 5.74) is 4.21. The second-order valence-corrected chi connectivity index (χ2v) is 6.46. The van der Waals surface area contributed by atoms with Gasteiger partial charge in [0.05, 0.1) is 24.0 Å². The number of likely N-dealkylation sites (N-methyl/N-ethyl adjacent to an activating group) is 1. The first-order valence-corrected chi connectivity index (χ1v) is 8.79. The van der Waals surface area contributed by atoms with E-state index in [9.17, 15) is 4.79 Å². The minimum atomic E-state index is -0.310. The molecule has 0 aliphatic rings. The summed E-state index contributed by atoms with van der Waals surface area (Å²) in [5, 5.41) is 14.2. The number of nitrogens with zero attached hydrogens (tertiary/aromatic N) is 6. The van der Waals surface area contributed by atoms with Crippen molar-refractivity contribution >= 4 is 11.7 Å². The summed E-state index contributed by atoms with van der Waals surface area (Å²) >= 11 is 0. The number of aryl methyl sites for hydroxylation is 1. The first kappa shape index (κ1) is 19.4. The van der Waals surface area contributed by atoms with E-state index in [0.29, 0.717) is 12.3 Å². The highest BCUT2D eigenvalue weighted by Crippen LogP contribution is 2.25. The number of nitrogens with one attached hydrogen (secondary N) is 1. The Kier molecular flexibility index (Phi) is 5.95. The highest BCUT2D eigenvalue weighted by molar-refractivity contribution is 5.91. The van der Waals surface area contributed by atoms with Crippen LogP contribution in [0.2, 0.25) is 0 Å². The predicted molar refractivity (Wildman–Crippen MR) is 104 cm³/mol. The number of aromatic nitrogens is 5. The van der Waals surface area contributed by atoms with Gasteiger partial charge in [0.2, 0.25) is 0 Å². The molecule has 0 spiro atoms. The molecule has 3 rings (SSSR count). The maximum atomic E-state index is 12.9. The number of hydrogen-bond acceptors (Lipinski definition) is 6. The SMILES string of the molecule is COC[C@H](c1ccccn1)N(C)C(=O)Nc1cc(-n2cnnn2)cc(C)c1C. The summed E-state index contributed by atoms with van der Waals surface area (Å²) < 4.78 is 6.85. The number of carbonyl (C=O) groups is 1. The summed E-state index contributed by atoms with van der Waals surface area (Å²) in [6, 6.07) is 8.84. The molecule has 0 aliphatic carbocycles. The monoisotopic (exact) mass is 381 g/mol. The first-order valence-electron chi connectivity index (χ1n) is 8.79. The number of carbonyl (C=O) groups excluding carboxylic acids is 1. The fourth-order valence-electron chi connectivity index (χ4n) is 2.85. The molecule has 2 aromatic heterocycles. The van der Waals surface area contributed by atoms with Crippen molar-refractivity contribution in [1.82, 2.24) is 30.1 Å². The number of amides is 2. The number of tetrazole rings is 1. The van der Waals surface area contributed by atoms with Gasteiger partial charge in [-0.15, -0.1) is 5.10 Å². The van der Waals surface area contributed by atoms with Crippen LogP contribution >= 0.6 is 0 Å². The fourth-order valence-corrected chi connectivity index (χ4v) is 2.85. The van der Waals surface area contributed by atoms with Crippen LogP contribution in [0.5, 0.6) is 0 Å². The quantitative estimate of drug-likeness (QED) is 0.705. The van der Waals surface area contributed by atoms with Crippen molar-refractivity contribution in [2.45, 2.75) is 19.9 Å². The Balaban J connectivity index is 1.85. The molecular formula is C19H23N7O2. The molecule has 2 heterocycles. The van der Waals surface area contributed by atoms with Gasteiger partial charge in [-0.1, -0.05) is 6.07 Å². The van der Waals surface area contributed by atoms with Gasteiger partial charge >= 0.3 is 6.03 Å². The second kappa shape index (κ2) is 8.57. The average Bonchev–Trinajstić information content (AvgIpc) is 3.24. The van der Waals surface area contributed by atoms with E-state index < -0.39 is 0 Å². The van der Waals surface area contributed by atoms with Crippen LogP contribution in [0.15, 0.2) is 42.9 Å². The lowest BCUT2D eigenvalue weighted by Crippen LogP contribution is -2.37. The normalized spacial score (nSPS) is 11.9. The van der Waals surface area contributed by atoms with Crippen LogP contribution in [0.3, 0.4) is 0 Å². The number of hydrogen-bond donors (Lipinski definition) is 1.